The summed E-state index contributed by atoms with van der Waals surface area (Å²) in [5, 5.41) is 17.4. The van der Waals surface area contributed by atoms with Crippen LogP contribution in [-0.2, 0) is 13.2 Å². The zero-order chi connectivity index (χ0) is 25.6. The summed E-state index contributed by atoms with van der Waals surface area (Å²) in [6.45, 7) is 5.24. The summed E-state index contributed by atoms with van der Waals surface area (Å²) in [5.41, 5.74) is 3.88. The van der Waals surface area contributed by atoms with E-state index in [0.717, 1.165) is 47.2 Å². The normalized spacial score (nSPS) is 15.5. The average Bonchev–Trinajstić information content (AvgIpc) is 3.36. The third-order valence-electron chi connectivity index (χ3n) is 6.72. The van der Waals surface area contributed by atoms with Gasteiger partial charge in [0.05, 0.1) is 12.3 Å². The minimum absolute atomic E-state index is 0.0219. The predicted octanol–water partition coefficient (Wildman–Crippen LogP) is 5.54. The quantitative estimate of drug-likeness (QED) is 0.305. The van der Waals surface area contributed by atoms with Crippen molar-refractivity contribution in [1.82, 2.24) is 19.6 Å². The van der Waals surface area contributed by atoms with Gasteiger partial charge in [-0.3, -0.25) is 0 Å². The third-order valence-corrected chi connectivity index (χ3v) is 6.72. The van der Waals surface area contributed by atoms with Gasteiger partial charge in [-0.2, -0.15) is 19.6 Å². The van der Waals surface area contributed by atoms with Gasteiger partial charge >= 0.3 is 6.01 Å². The second-order valence-electron chi connectivity index (χ2n) is 9.79. The molecule has 1 atom stereocenters. The highest BCUT2D eigenvalue weighted by Crippen LogP contribution is 2.27. The molecule has 9 heteroatoms. The third kappa shape index (κ3) is 5.86. The maximum Gasteiger partial charge on any atom is 0.322 e. The predicted molar refractivity (Wildman–Crippen MR) is 144 cm³/mol. The molecule has 0 amide bonds. The number of anilines is 1. The Balaban J connectivity index is 1.38. The lowest BCUT2D eigenvalue weighted by atomic mass is 9.42. The SMILES string of the molecule is CC(C)c1cnn2c(NCc3ccccc3OCc3ccccc3)nc(OC3CCCB(C#N)C3)nc12. The van der Waals surface area contributed by atoms with Gasteiger partial charge in [0.2, 0.25) is 5.95 Å². The first-order chi connectivity index (χ1) is 18.1. The van der Waals surface area contributed by atoms with Crippen LogP contribution in [0, 0.1) is 11.2 Å². The van der Waals surface area contributed by atoms with Crippen molar-refractivity contribution in [3.63, 3.8) is 0 Å². The Morgan fingerprint density at radius 1 is 1.14 bits per heavy atom. The van der Waals surface area contributed by atoms with Gasteiger partial charge in [0, 0.05) is 23.6 Å². The van der Waals surface area contributed by atoms with E-state index in [-0.39, 0.29) is 18.7 Å². The van der Waals surface area contributed by atoms with Crippen LogP contribution in [0.4, 0.5) is 5.95 Å². The number of nitrogens with one attached hydrogen (secondary N) is 1. The molecule has 3 heterocycles. The van der Waals surface area contributed by atoms with Crippen molar-refractivity contribution in [2.75, 3.05) is 5.32 Å². The largest absolute Gasteiger partial charge is 0.489 e. The van der Waals surface area contributed by atoms with Gasteiger partial charge in [0.1, 0.15) is 12.4 Å². The number of aromatic nitrogens is 4. The molecule has 8 nitrogen and oxygen atoms in total. The van der Waals surface area contributed by atoms with E-state index in [9.17, 15) is 5.26 Å². The number of hydrogen-bond donors (Lipinski definition) is 1. The maximum absolute atomic E-state index is 9.36. The summed E-state index contributed by atoms with van der Waals surface area (Å²) in [6.07, 6.45) is 5.28. The zero-order valence-electron chi connectivity index (χ0n) is 21.3. The molecule has 0 radical (unpaired) electrons. The molecule has 1 saturated heterocycles. The van der Waals surface area contributed by atoms with E-state index in [0.29, 0.717) is 31.4 Å². The summed E-state index contributed by atoms with van der Waals surface area (Å²) < 4.78 is 14.1. The Morgan fingerprint density at radius 2 is 1.95 bits per heavy atom. The fourth-order valence-corrected chi connectivity index (χ4v) is 4.67. The Kier molecular flexibility index (Phi) is 7.55. The van der Waals surface area contributed by atoms with Crippen molar-refractivity contribution in [2.45, 2.75) is 64.5 Å². The van der Waals surface area contributed by atoms with Crippen LogP contribution in [0.25, 0.3) is 5.65 Å². The molecule has 1 aliphatic rings. The van der Waals surface area contributed by atoms with Gasteiger partial charge in [-0.05, 0) is 30.3 Å². The Hall–Kier alpha value is -4.06. The number of nitrogens with zero attached hydrogens (tertiary/aromatic N) is 5. The van der Waals surface area contributed by atoms with Gasteiger partial charge in [-0.1, -0.05) is 75.1 Å². The summed E-state index contributed by atoms with van der Waals surface area (Å²) in [7, 11) is 0. The number of benzene rings is 2. The lowest BCUT2D eigenvalue weighted by Crippen LogP contribution is -2.30. The highest BCUT2D eigenvalue weighted by molar-refractivity contribution is 6.67. The smallest absolute Gasteiger partial charge is 0.322 e. The van der Waals surface area contributed by atoms with E-state index < -0.39 is 0 Å². The second-order valence-corrected chi connectivity index (χ2v) is 9.79. The van der Waals surface area contributed by atoms with E-state index >= 15 is 0 Å². The lowest BCUT2D eigenvalue weighted by molar-refractivity contribution is 0.187. The molecule has 0 aliphatic carbocycles. The van der Waals surface area contributed by atoms with Crippen molar-refractivity contribution < 1.29 is 9.47 Å². The molecule has 0 saturated carbocycles. The molecular formula is C28H31BN6O2. The minimum atomic E-state index is -0.0637. The van der Waals surface area contributed by atoms with Crippen molar-refractivity contribution in [2.24, 2.45) is 0 Å². The highest BCUT2D eigenvalue weighted by Gasteiger charge is 2.28. The van der Waals surface area contributed by atoms with Crippen LogP contribution in [-0.4, -0.2) is 32.4 Å². The maximum atomic E-state index is 9.36. The molecular weight excluding hydrogens is 463 g/mol. The van der Waals surface area contributed by atoms with E-state index in [2.05, 4.69) is 47.3 Å². The summed E-state index contributed by atoms with van der Waals surface area (Å²) in [6, 6.07) is 18.4. The molecule has 0 bridgehead atoms. The standard InChI is InChI=1S/C28H31BN6O2/c1-20(2)24-17-32-35-26(24)33-28(37-23-12-8-14-29(15-23)19-30)34-27(35)31-16-22-11-6-7-13-25(22)36-18-21-9-4-3-5-10-21/h3-7,9-11,13,17,20,23H,8,12,14-16,18H2,1-2H3,(H,31,33,34). The molecule has 188 valence electrons. The molecule has 1 fully saturated rings. The molecule has 1 aliphatic heterocycles. The zero-order valence-corrected chi connectivity index (χ0v) is 21.3. The number of hydrogen-bond acceptors (Lipinski definition) is 7. The molecule has 5 rings (SSSR count). The fourth-order valence-electron chi connectivity index (χ4n) is 4.67. The van der Waals surface area contributed by atoms with Gasteiger partial charge in [0.15, 0.2) is 5.65 Å². The molecule has 1 unspecified atom stereocenters. The molecule has 37 heavy (non-hydrogen) atoms. The van der Waals surface area contributed by atoms with E-state index in [1.54, 1.807) is 4.52 Å². The minimum Gasteiger partial charge on any atom is -0.489 e. The van der Waals surface area contributed by atoms with Crippen LogP contribution in [0.1, 0.15) is 49.3 Å². The van der Waals surface area contributed by atoms with Crippen LogP contribution in [0.2, 0.25) is 12.6 Å². The van der Waals surface area contributed by atoms with Gasteiger partial charge in [-0.25, -0.2) is 5.26 Å². The van der Waals surface area contributed by atoms with E-state index in [4.69, 9.17) is 14.5 Å². The van der Waals surface area contributed by atoms with Crippen LogP contribution < -0.4 is 14.8 Å². The van der Waals surface area contributed by atoms with Gasteiger partial charge in [0.25, 0.3) is 6.71 Å². The Bertz CT molecular complexity index is 1380. The number of ether oxygens (including phenoxy) is 2. The second kappa shape index (κ2) is 11.3. The fraction of sp³-hybridized carbons (Fsp3) is 0.357. The van der Waals surface area contributed by atoms with Crippen molar-refractivity contribution >= 4 is 18.3 Å². The number of para-hydroxylation sites is 1. The molecule has 4 aromatic rings. The summed E-state index contributed by atoms with van der Waals surface area (Å²) in [4.78, 5) is 9.41. The topological polar surface area (TPSA) is 97.4 Å². The molecule has 0 spiro atoms. The number of fused-ring (bicyclic) bond motifs is 1. The van der Waals surface area contributed by atoms with Crippen molar-refractivity contribution in [3.8, 4) is 17.7 Å². The first kappa shape index (κ1) is 24.6. The summed E-state index contributed by atoms with van der Waals surface area (Å²) >= 11 is 0. The van der Waals surface area contributed by atoms with Crippen molar-refractivity contribution in [1.29, 1.82) is 5.26 Å². The monoisotopic (exact) mass is 494 g/mol. The Labute approximate surface area is 217 Å². The Morgan fingerprint density at radius 3 is 2.76 bits per heavy atom. The van der Waals surface area contributed by atoms with Gasteiger partial charge < -0.3 is 14.8 Å². The van der Waals surface area contributed by atoms with Crippen LogP contribution in [0.15, 0.2) is 60.8 Å². The van der Waals surface area contributed by atoms with Crippen LogP contribution in [0.3, 0.4) is 0 Å². The molecule has 2 aromatic carbocycles. The molecule has 1 N–H and O–H groups in total. The first-order valence-corrected chi connectivity index (χ1v) is 12.9. The first-order valence-electron chi connectivity index (χ1n) is 12.9. The van der Waals surface area contributed by atoms with Crippen molar-refractivity contribution in [3.05, 3.63) is 77.5 Å². The average molecular weight is 494 g/mol. The molecule has 2 aromatic heterocycles. The lowest BCUT2D eigenvalue weighted by Gasteiger charge is -2.23. The van der Waals surface area contributed by atoms with Crippen LogP contribution in [0.5, 0.6) is 11.8 Å². The highest BCUT2D eigenvalue weighted by atomic mass is 16.5. The van der Waals surface area contributed by atoms with Gasteiger partial charge in [-0.15, -0.1) is 0 Å². The summed E-state index contributed by atoms with van der Waals surface area (Å²) in [5.74, 6) is 4.00. The van der Waals surface area contributed by atoms with Crippen LogP contribution >= 0.6 is 0 Å². The number of nitriles is 1. The van der Waals surface area contributed by atoms with E-state index in [1.807, 2.05) is 48.7 Å². The van der Waals surface area contributed by atoms with E-state index in [1.165, 1.54) is 0 Å². The number of rotatable bonds is 9.